The van der Waals surface area contributed by atoms with Gasteiger partial charge in [-0.05, 0) is 37.5 Å². The van der Waals surface area contributed by atoms with Crippen LogP contribution in [0.25, 0.3) is 0 Å². The number of carbonyl (C=O) groups excluding carboxylic acids is 1. The summed E-state index contributed by atoms with van der Waals surface area (Å²) >= 11 is 6.06. The van der Waals surface area contributed by atoms with E-state index in [1.165, 1.54) is 0 Å². The molecule has 0 heterocycles. The summed E-state index contributed by atoms with van der Waals surface area (Å²) in [7, 11) is 0. The van der Waals surface area contributed by atoms with Gasteiger partial charge in [-0.2, -0.15) is 0 Å². The van der Waals surface area contributed by atoms with Crippen LogP contribution in [-0.2, 0) is 0 Å². The Kier molecular flexibility index (Phi) is 4.25. The van der Waals surface area contributed by atoms with E-state index >= 15 is 0 Å². The summed E-state index contributed by atoms with van der Waals surface area (Å²) in [6.07, 6.45) is 3.22. The zero-order chi connectivity index (χ0) is 13.1. The monoisotopic (exact) mass is 267 g/mol. The molecular weight excluding hydrogens is 250 g/mol. The van der Waals surface area contributed by atoms with Crippen molar-refractivity contribution in [2.24, 2.45) is 0 Å². The largest absolute Gasteiger partial charge is 0.391 e. The van der Waals surface area contributed by atoms with E-state index in [0.29, 0.717) is 10.6 Å². The number of amides is 1. The summed E-state index contributed by atoms with van der Waals surface area (Å²) in [6, 6.07) is 5.21. The van der Waals surface area contributed by atoms with Crippen molar-refractivity contribution in [2.45, 2.75) is 44.8 Å². The number of hydrogen-bond acceptors (Lipinski definition) is 2. The van der Waals surface area contributed by atoms with Crippen LogP contribution in [0, 0.1) is 6.92 Å². The number of aryl methyl sites for hydroxylation is 1. The van der Waals surface area contributed by atoms with Gasteiger partial charge in [-0.15, -0.1) is 0 Å². The molecule has 0 unspecified atom stereocenters. The zero-order valence-corrected chi connectivity index (χ0v) is 11.2. The first kappa shape index (κ1) is 13.4. The Morgan fingerprint density at radius 2 is 2.11 bits per heavy atom. The molecule has 2 rings (SSSR count). The minimum absolute atomic E-state index is 0.149. The highest BCUT2D eigenvalue weighted by Gasteiger charge is 2.25. The standard InChI is InChI=1S/C14H18ClNO2/c1-9-6-7-10(11(15)8-9)14(18)16-12-4-2-3-5-13(12)17/h6-8,12-13,17H,2-5H2,1H3,(H,16,18)/t12-,13-/m0/s1. The van der Waals surface area contributed by atoms with Crippen LogP contribution in [0.2, 0.25) is 5.02 Å². The molecule has 2 atom stereocenters. The lowest BCUT2D eigenvalue weighted by Crippen LogP contribution is -2.45. The second-order valence-corrected chi connectivity index (χ2v) is 5.32. The lowest BCUT2D eigenvalue weighted by Gasteiger charge is -2.28. The Bertz CT molecular complexity index is 447. The average Bonchev–Trinajstić information content (AvgIpc) is 2.32. The molecule has 98 valence electrons. The third kappa shape index (κ3) is 3.03. The van der Waals surface area contributed by atoms with Crippen LogP contribution in [0.3, 0.4) is 0 Å². The Morgan fingerprint density at radius 1 is 1.39 bits per heavy atom. The van der Waals surface area contributed by atoms with E-state index in [-0.39, 0.29) is 11.9 Å². The lowest BCUT2D eigenvalue weighted by molar-refractivity contribution is 0.0717. The van der Waals surface area contributed by atoms with Crippen LogP contribution < -0.4 is 5.32 Å². The SMILES string of the molecule is Cc1ccc(C(=O)N[C@H]2CCCC[C@@H]2O)c(Cl)c1. The van der Waals surface area contributed by atoms with Crippen LogP contribution >= 0.6 is 11.6 Å². The molecule has 0 radical (unpaired) electrons. The van der Waals surface area contributed by atoms with Crippen molar-refractivity contribution in [2.75, 3.05) is 0 Å². The maximum Gasteiger partial charge on any atom is 0.253 e. The quantitative estimate of drug-likeness (QED) is 0.866. The van der Waals surface area contributed by atoms with Gasteiger partial charge < -0.3 is 10.4 Å². The summed E-state index contributed by atoms with van der Waals surface area (Å²) in [5.41, 5.74) is 1.49. The normalized spacial score (nSPS) is 23.7. The fraction of sp³-hybridized carbons (Fsp3) is 0.500. The molecule has 0 saturated heterocycles. The van der Waals surface area contributed by atoms with E-state index in [0.717, 1.165) is 31.2 Å². The second kappa shape index (κ2) is 5.72. The third-order valence-electron chi connectivity index (χ3n) is 3.42. The molecule has 2 N–H and O–H groups in total. The fourth-order valence-electron chi connectivity index (χ4n) is 2.33. The average molecular weight is 268 g/mol. The van der Waals surface area contributed by atoms with Crippen molar-refractivity contribution < 1.29 is 9.90 Å². The smallest absolute Gasteiger partial charge is 0.253 e. The number of aliphatic hydroxyl groups excluding tert-OH is 1. The molecule has 18 heavy (non-hydrogen) atoms. The number of hydrogen-bond donors (Lipinski definition) is 2. The van der Waals surface area contributed by atoms with Gasteiger partial charge in [-0.3, -0.25) is 4.79 Å². The van der Waals surface area contributed by atoms with Crippen LogP contribution in [-0.4, -0.2) is 23.2 Å². The summed E-state index contributed by atoms with van der Waals surface area (Å²) in [5.74, 6) is -0.203. The summed E-state index contributed by atoms with van der Waals surface area (Å²) in [4.78, 5) is 12.1. The van der Waals surface area contributed by atoms with E-state index in [1.807, 2.05) is 13.0 Å². The van der Waals surface area contributed by atoms with Crippen LogP contribution in [0.15, 0.2) is 18.2 Å². The van der Waals surface area contributed by atoms with Gasteiger partial charge in [0.15, 0.2) is 0 Å². The van der Waals surface area contributed by atoms with Gasteiger partial charge in [0.25, 0.3) is 5.91 Å². The molecular formula is C14H18ClNO2. The molecule has 1 aromatic carbocycles. The minimum atomic E-state index is -0.438. The van der Waals surface area contributed by atoms with Gasteiger partial charge in [0.2, 0.25) is 0 Å². The Labute approximate surface area is 112 Å². The Balaban J connectivity index is 2.07. The molecule has 0 spiro atoms. The number of carbonyl (C=O) groups is 1. The molecule has 4 heteroatoms. The molecule has 0 aliphatic heterocycles. The maximum atomic E-state index is 12.1. The van der Waals surface area contributed by atoms with Crippen LogP contribution in [0.1, 0.15) is 41.6 Å². The molecule has 3 nitrogen and oxygen atoms in total. The van der Waals surface area contributed by atoms with E-state index in [9.17, 15) is 9.90 Å². The highest BCUT2D eigenvalue weighted by molar-refractivity contribution is 6.33. The van der Waals surface area contributed by atoms with Crippen molar-refractivity contribution in [3.8, 4) is 0 Å². The minimum Gasteiger partial charge on any atom is -0.391 e. The van der Waals surface area contributed by atoms with E-state index in [1.54, 1.807) is 12.1 Å². The van der Waals surface area contributed by atoms with Gasteiger partial charge in [0.05, 0.1) is 22.7 Å². The van der Waals surface area contributed by atoms with Gasteiger partial charge >= 0.3 is 0 Å². The predicted octanol–water partition coefficient (Wildman–Crippen LogP) is 2.68. The fourth-order valence-corrected chi connectivity index (χ4v) is 2.65. The number of benzene rings is 1. The van der Waals surface area contributed by atoms with Crippen molar-refractivity contribution in [3.63, 3.8) is 0 Å². The zero-order valence-electron chi connectivity index (χ0n) is 10.4. The first-order valence-corrected chi connectivity index (χ1v) is 6.71. The van der Waals surface area contributed by atoms with Gasteiger partial charge in [0.1, 0.15) is 0 Å². The Morgan fingerprint density at radius 3 is 2.78 bits per heavy atom. The number of nitrogens with one attached hydrogen (secondary N) is 1. The number of rotatable bonds is 2. The summed E-state index contributed by atoms with van der Waals surface area (Å²) in [5, 5.41) is 13.2. The first-order valence-electron chi connectivity index (χ1n) is 6.33. The molecule has 0 bridgehead atoms. The highest BCUT2D eigenvalue weighted by Crippen LogP contribution is 2.21. The topological polar surface area (TPSA) is 49.3 Å². The van der Waals surface area contributed by atoms with Gasteiger partial charge in [0, 0.05) is 0 Å². The molecule has 1 aliphatic carbocycles. The van der Waals surface area contributed by atoms with Crippen molar-refractivity contribution >= 4 is 17.5 Å². The molecule has 0 aromatic heterocycles. The molecule has 1 amide bonds. The lowest BCUT2D eigenvalue weighted by atomic mass is 9.92. The molecule has 1 aliphatic rings. The third-order valence-corrected chi connectivity index (χ3v) is 3.73. The molecule has 1 aromatic rings. The van der Waals surface area contributed by atoms with E-state index in [2.05, 4.69) is 5.32 Å². The van der Waals surface area contributed by atoms with Crippen molar-refractivity contribution in [1.82, 2.24) is 5.32 Å². The second-order valence-electron chi connectivity index (χ2n) is 4.92. The summed E-state index contributed by atoms with van der Waals surface area (Å²) in [6.45, 7) is 1.93. The van der Waals surface area contributed by atoms with E-state index in [4.69, 9.17) is 11.6 Å². The van der Waals surface area contributed by atoms with Crippen LogP contribution in [0.5, 0.6) is 0 Å². The molecule has 1 fully saturated rings. The van der Waals surface area contributed by atoms with Gasteiger partial charge in [-0.25, -0.2) is 0 Å². The number of aliphatic hydroxyl groups is 1. The highest BCUT2D eigenvalue weighted by atomic mass is 35.5. The predicted molar refractivity (Wildman–Crippen MR) is 71.9 cm³/mol. The summed E-state index contributed by atoms with van der Waals surface area (Å²) < 4.78 is 0. The Hall–Kier alpha value is -1.06. The van der Waals surface area contributed by atoms with Crippen molar-refractivity contribution in [3.05, 3.63) is 34.3 Å². The van der Waals surface area contributed by atoms with Crippen LogP contribution in [0.4, 0.5) is 0 Å². The van der Waals surface area contributed by atoms with Crippen molar-refractivity contribution in [1.29, 1.82) is 0 Å². The first-order chi connectivity index (χ1) is 8.58. The number of halogens is 1. The van der Waals surface area contributed by atoms with E-state index < -0.39 is 6.10 Å². The maximum absolute atomic E-state index is 12.1. The van der Waals surface area contributed by atoms with Gasteiger partial charge in [-0.1, -0.05) is 30.5 Å². The molecule has 1 saturated carbocycles.